The molecule has 0 unspecified atom stereocenters. The molecule has 2 N–H and O–H groups in total. The van der Waals surface area contributed by atoms with Crippen LogP contribution in [0.2, 0.25) is 0 Å². The molecule has 4 nitrogen and oxygen atoms in total. The van der Waals surface area contributed by atoms with Crippen LogP contribution in [0.25, 0.3) is 0 Å². The molecule has 2 heterocycles. The Bertz CT molecular complexity index is 386. The summed E-state index contributed by atoms with van der Waals surface area (Å²) in [6.07, 6.45) is 7.60. The summed E-state index contributed by atoms with van der Waals surface area (Å²) in [5.41, 5.74) is 1.03. The zero-order valence-corrected chi connectivity index (χ0v) is 8.36. The minimum absolute atomic E-state index is 0.448. The Balaban J connectivity index is 2.11. The van der Waals surface area contributed by atoms with Gasteiger partial charge in [-0.3, -0.25) is 0 Å². The van der Waals surface area contributed by atoms with Crippen LogP contribution in [0.15, 0.2) is 31.0 Å². The maximum Gasteiger partial charge on any atom is 0.148 e. The van der Waals surface area contributed by atoms with Crippen molar-refractivity contribution in [1.82, 2.24) is 14.5 Å². The summed E-state index contributed by atoms with van der Waals surface area (Å²) in [6, 6.07) is 2.42. The van der Waals surface area contributed by atoms with E-state index in [0.29, 0.717) is 6.04 Å². The third kappa shape index (κ3) is 1.79. The van der Waals surface area contributed by atoms with E-state index in [0.717, 1.165) is 11.5 Å². The maximum absolute atomic E-state index is 4.25. The average molecular weight is 190 g/mol. The normalized spacial score (nSPS) is 10.8. The SMILES string of the molecule is CC(C)n1cnc(Nc2cc[nH]c2)c1. The van der Waals surface area contributed by atoms with Gasteiger partial charge in [0.05, 0.1) is 12.0 Å². The number of imidazole rings is 1. The van der Waals surface area contributed by atoms with Crippen LogP contribution in [0, 0.1) is 0 Å². The summed E-state index contributed by atoms with van der Waals surface area (Å²) in [5, 5.41) is 3.20. The summed E-state index contributed by atoms with van der Waals surface area (Å²) in [4.78, 5) is 7.23. The van der Waals surface area contributed by atoms with Gasteiger partial charge in [0.1, 0.15) is 5.82 Å². The number of H-pyrrole nitrogens is 1. The van der Waals surface area contributed by atoms with Crippen molar-refractivity contribution >= 4 is 11.5 Å². The van der Waals surface area contributed by atoms with Gasteiger partial charge in [0.25, 0.3) is 0 Å². The number of aromatic nitrogens is 3. The maximum atomic E-state index is 4.25. The van der Waals surface area contributed by atoms with Crippen LogP contribution in [-0.4, -0.2) is 14.5 Å². The summed E-state index contributed by atoms with van der Waals surface area (Å²) in [5.74, 6) is 0.873. The lowest BCUT2D eigenvalue weighted by molar-refractivity contribution is 0.600. The molecule has 0 aliphatic heterocycles. The van der Waals surface area contributed by atoms with E-state index in [9.17, 15) is 0 Å². The fourth-order valence-corrected chi connectivity index (χ4v) is 1.23. The predicted molar refractivity (Wildman–Crippen MR) is 56.7 cm³/mol. The first-order chi connectivity index (χ1) is 6.75. The third-order valence-corrected chi connectivity index (χ3v) is 2.07. The third-order valence-electron chi connectivity index (χ3n) is 2.07. The summed E-state index contributed by atoms with van der Waals surface area (Å²) in [7, 11) is 0. The van der Waals surface area contributed by atoms with Crippen molar-refractivity contribution in [2.24, 2.45) is 0 Å². The second-order valence-corrected chi connectivity index (χ2v) is 3.52. The van der Waals surface area contributed by atoms with Crippen LogP contribution in [0.4, 0.5) is 11.5 Å². The van der Waals surface area contributed by atoms with Crippen molar-refractivity contribution < 1.29 is 0 Å². The highest BCUT2D eigenvalue weighted by molar-refractivity contribution is 5.53. The molecule has 0 spiro atoms. The highest BCUT2D eigenvalue weighted by atomic mass is 15.1. The molecule has 0 saturated heterocycles. The number of rotatable bonds is 3. The van der Waals surface area contributed by atoms with Gasteiger partial charge in [0.15, 0.2) is 0 Å². The van der Waals surface area contributed by atoms with E-state index < -0.39 is 0 Å². The Morgan fingerprint density at radius 3 is 2.93 bits per heavy atom. The van der Waals surface area contributed by atoms with Crippen LogP contribution in [0.5, 0.6) is 0 Å². The molecule has 4 heteroatoms. The van der Waals surface area contributed by atoms with Gasteiger partial charge in [0.2, 0.25) is 0 Å². The van der Waals surface area contributed by atoms with Gasteiger partial charge in [-0.1, -0.05) is 0 Å². The van der Waals surface area contributed by atoms with Gasteiger partial charge in [-0.15, -0.1) is 0 Å². The molecule has 0 aliphatic carbocycles. The lowest BCUT2D eigenvalue weighted by atomic mass is 10.4. The van der Waals surface area contributed by atoms with E-state index in [1.54, 1.807) is 0 Å². The van der Waals surface area contributed by atoms with Crippen LogP contribution in [-0.2, 0) is 0 Å². The van der Waals surface area contributed by atoms with E-state index in [1.807, 2.05) is 31.0 Å². The Labute approximate surface area is 83.0 Å². The molecule has 0 fully saturated rings. The van der Waals surface area contributed by atoms with E-state index in [4.69, 9.17) is 0 Å². The minimum atomic E-state index is 0.448. The first kappa shape index (κ1) is 8.87. The van der Waals surface area contributed by atoms with Gasteiger partial charge >= 0.3 is 0 Å². The number of nitrogens with zero attached hydrogens (tertiary/aromatic N) is 2. The standard InChI is InChI=1S/C10H14N4/c1-8(2)14-6-10(12-7-14)13-9-3-4-11-5-9/h3-8,11,13H,1-2H3. The Hall–Kier alpha value is -1.71. The summed E-state index contributed by atoms with van der Waals surface area (Å²) >= 11 is 0. The minimum Gasteiger partial charge on any atom is -0.366 e. The fraction of sp³-hybridized carbons (Fsp3) is 0.300. The largest absolute Gasteiger partial charge is 0.366 e. The van der Waals surface area contributed by atoms with Gasteiger partial charge in [-0.05, 0) is 19.9 Å². The molecule has 2 rings (SSSR count). The average Bonchev–Trinajstić information content (AvgIpc) is 2.75. The molecule has 0 atom stereocenters. The molecule has 0 amide bonds. The summed E-state index contributed by atoms with van der Waals surface area (Å²) in [6.45, 7) is 4.25. The van der Waals surface area contributed by atoms with Crippen LogP contribution in [0.3, 0.4) is 0 Å². The van der Waals surface area contributed by atoms with Gasteiger partial charge in [0, 0.05) is 24.6 Å². The monoisotopic (exact) mass is 190 g/mol. The molecule has 0 radical (unpaired) electrons. The van der Waals surface area contributed by atoms with E-state index in [1.165, 1.54) is 0 Å². The lowest BCUT2D eigenvalue weighted by Crippen LogP contribution is -1.95. The summed E-state index contributed by atoms with van der Waals surface area (Å²) < 4.78 is 2.06. The quantitative estimate of drug-likeness (QED) is 0.781. The molecule has 0 aromatic carbocycles. The molecule has 2 aromatic rings. The first-order valence-electron chi connectivity index (χ1n) is 4.69. The van der Waals surface area contributed by atoms with E-state index in [2.05, 4.69) is 33.7 Å². The number of nitrogens with one attached hydrogen (secondary N) is 2. The predicted octanol–water partition coefficient (Wildman–Crippen LogP) is 2.54. The molecule has 0 aliphatic rings. The van der Waals surface area contributed by atoms with Crippen molar-refractivity contribution in [2.45, 2.75) is 19.9 Å². The lowest BCUT2D eigenvalue weighted by Gasteiger charge is -2.03. The Morgan fingerprint density at radius 2 is 2.36 bits per heavy atom. The molecule has 0 saturated carbocycles. The van der Waals surface area contributed by atoms with Gasteiger partial charge in [-0.25, -0.2) is 4.98 Å². The highest BCUT2D eigenvalue weighted by Gasteiger charge is 2.01. The van der Waals surface area contributed by atoms with Gasteiger partial charge in [-0.2, -0.15) is 0 Å². The van der Waals surface area contributed by atoms with Gasteiger partial charge < -0.3 is 14.9 Å². The number of hydrogen-bond donors (Lipinski definition) is 2. The molecule has 0 bridgehead atoms. The molecule has 2 aromatic heterocycles. The Morgan fingerprint density at radius 1 is 1.50 bits per heavy atom. The van der Waals surface area contributed by atoms with E-state index in [-0.39, 0.29) is 0 Å². The molecule has 14 heavy (non-hydrogen) atoms. The van der Waals surface area contributed by atoms with Crippen LogP contribution >= 0.6 is 0 Å². The van der Waals surface area contributed by atoms with Crippen molar-refractivity contribution in [3.05, 3.63) is 31.0 Å². The fourth-order valence-electron chi connectivity index (χ4n) is 1.23. The van der Waals surface area contributed by atoms with Crippen LogP contribution < -0.4 is 5.32 Å². The van der Waals surface area contributed by atoms with Crippen molar-refractivity contribution in [3.63, 3.8) is 0 Å². The van der Waals surface area contributed by atoms with Crippen LogP contribution in [0.1, 0.15) is 19.9 Å². The van der Waals surface area contributed by atoms with Crippen molar-refractivity contribution in [1.29, 1.82) is 0 Å². The Kier molecular flexibility index (Phi) is 2.26. The number of hydrogen-bond acceptors (Lipinski definition) is 2. The molecular weight excluding hydrogens is 176 g/mol. The number of anilines is 2. The highest BCUT2D eigenvalue weighted by Crippen LogP contribution is 2.14. The first-order valence-corrected chi connectivity index (χ1v) is 4.69. The molecule has 74 valence electrons. The number of aromatic amines is 1. The topological polar surface area (TPSA) is 45.6 Å². The van der Waals surface area contributed by atoms with Crippen molar-refractivity contribution in [2.75, 3.05) is 5.32 Å². The smallest absolute Gasteiger partial charge is 0.148 e. The second-order valence-electron chi connectivity index (χ2n) is 3.52. The second kappa shape index (κ2) is 3.57. The zero-order chi connectivity index (χ0) is 9.97. The zero-order valence-electron chi connectivity index (χ0n) is 8.36. The molecular formula is C10H14N4. The van der Waals surface area contributed by atoms with E-state index >= 15 is 0 Å². The van der Waals surface area contributed by atoms with Crippen molar-refractivity contribution in [3.8, 4) is 0 Å².